The number of amides is 1. The Morgan fingerprint density at radius 1 is 1.42 bits per heavy atom. The standard InChI is InChI=1S/C16H21NO2/c1-12-4-2-5-14(8-12)16(6-3-7-16)15(19)17-9-13(10-17)11-18/h2,4-5,8,13,18H,3,6-7,9-11H2,1H3. The van der Waals surface area contributed by atoms with Crippen LogP contribution in [0.15, 0.2) is 24.3 Å². The number of aliphatic hydroxyl groups is 1. The molecule has 1 aromatic carbocycles. The van der Waals surface area contributed by atoms with E-state index in [1.54, 1.807) is 0 Å². The van der Waals surface area contributed by atoms with E-state index in [9.17, 15) is 4.79 Å². The predicted molar refractivity (Wildman–Crippen MR) is 73.9 cm³/mol. The average molecular weight is 259 g/mol. The van der Waals surface area contributed by atoms with Gasteiger partial charge in [0.1, 0.15) is 0 Å². The fourth-order valence-electron chi connectivity index (χ4n) is 3.25. The van der Waals surface area contributed by atoms with Crippen molar-refractivity contribution in [2.45, 2.75) is 31.6 Å². The summed E-state index contributed by atoms with van der Waals surface area (Å²) >= 11 is 0. The highest BCUT2D eigenvalue weighted by Crippen LogP contribution is 2.46. The van der Waals surface area contributed by atoms with E-state index in [-0.39, 0.29) is 17.9 Å². The van der Waals surface area contributed by atoms with Gasteiger partial charge in [-0.25, -0.2) is 0 Å². The van der Waals surface area contributed by atoms with Crippen LogP contribution in [0.2, 0.25) is 0 Å². The van der Waals surface area contributed by atoms with Gasteiger partial charge in [-0.1, -0.05) is 36.2 Å². The minimum Gasteiger partial charge on any atom is -0.396 e. The third-order valence-corrected chi connectivity index (χ3v) is 4.69. The van der Waals surface area contributed by atoms with E-state index in [0.29, 0.717) is 5.92 Å². The van der Waals surface area contributed by atoms with Crippen molar-refractivity contribution in [3.63, 3.8) is 0 Å². The Bertz CT molecular complexity index is 487. The zero-order chi connectivity index (χ0) is 13.5. The van der Waals surface area contributed by atoms with Crippen molar-refractivity contribution in [3.05, 3.63) is 35.4 Å². The van der Waals surface area contributed by atoms with E-state index in [1.807, 2.05) is 11.0 Å². The number of carbonyl (C=O) groups is 1. The van der Waals surface area contributed by atoms with Gasteiger partial charge in [-0.15, -0.1) is 0 Å². The molecule has 0 spiro atoms. The van der Waals surface area contributed by atoms with Crippen LogP contribution in [0.4, 0.5) is 0 Å². The van der Waals surface area contributed by atoms with Crippen molar-refractivity contribution in [2.24, 2.45) is 5.92 Å². The van der Waals surface area contributed by atoms with E-state index < -0.39 is 0 Å². The monoisotopic (exact) mass is 259 g/mol. The topological polar surface area (TPSA) is 40.5 Å². The van der Waals surface area contributed by atoms with Crippen LogP contribution < -0.4 is 0 Å². The van der Waals surface area contributed by atoms with Crippen LogP contribution in [0.25, 0.3) is 0 Å². The molecule has 0 bridgehead atoms. The molecule has 1 saturated carbocycles. The number of likely N-dealkylation sites (tertiary alicyclic amines) is 1. The highest BCUT2D eigenvalue weighted by atomic mass is 16.3. The molecule has 0 unspecified atom stereocenters. The molecule has 1 N–H and O–H groups in total. The second kappa shape index (κ2) is 4.64. The van der Waals surface area contributed by atoms with E-state index in [0.717, 1.165) is 32.4 Å². The van der Waals surface area contributed by atoms with Crippen LogP contribution in [-0.4, -0.2) is 35.6 Å². The molecule has 0 radical (unpaired) electrons. The molecule has 1 heterocycles. The lowest BCUT2D eigenvalue weighted by Crippen LogP contribution is -2.59. The fourth-order valence-corrected chi connectivity index (χ4v) is 3.25. The third-order valence-electron chi connectivity index (χ3n) is 4.69. The number of nitrogens with zero attached hydrogens (tertiary/aromatic N) is 1. The molecule has 1 amide bonds. The Morgan fingerprint density at radius 2 is 2.16 bits per heavy atom. The third kappa shape index (κ3) is 1.96. The van der Waals surface area contributed by atoms with Crippen molar-refractivity contribution in [1.29, 1.82) is 0 Å². The Kier molecular flexibility index (Phi) is 3.09. The molecule has 1 aliphatic carbocycles. The molecule has 1 aromatic rings. The molecule has 1 saturated heterocycles. The highest BCUT2D eigenvalue weighted by molar-refractivity contribution is 5.90. The van der Waals surface area contributed by atoms with Gasteiger partial charge in [0, 0.05) is 25.6 Å². The van der Waals surface area contributed by atoms with Gasteiger partial charge in [-0.3, -0.25) is 4.79 Å². The first-order valence-electron chi connectivity index (χ1n) is 7.13. The molecule has 0 atom stereocenters. The smallest absolute Gasteiger partial charge is 0.233 e. The van der Waals surface area contributed by atoms with Gasteiger partial charge in [0.15, 0.2) is 0 Å². The maximum atomic E-state index is 12.7. The Morgan fingerprint density at radius 3 is 2.68 bits per heavy atom. The highest BCUT2D eigenvalue weighted by Gasteiger charge is 2.49. The minimum absolute atomic E-state index is 0.196. The van der Waals surface area contributed by atoms with Crippen LogP contribution in [0, 0.1) is 12.8 Å². The molecule has 0 aromatic heterocycles. The summed E-state index contributed by atoms with van der Waals surface area (Å²) in [6.45, 7) is 3.72. The molecule has 102 valence electrons. The Balaban J connectivity index is 1.82. The quantitative estimate of drug-likeness (QED) is 0.900. The first-order valence-corrected chi connectivity index (χ1v) is 7.13. The summed E-state index contributed by atoms with van der Waals surface area (Å²) in [6, 6.07) is 8.37. The summed E-state index contributed by atoms with van der Waals surface area (Å²) in [6.07, 6.45) is 3.07. The number of benzene rings is 1. The van der Waals surface area contributed by atoms with Crippen LogP contribution in [0.5, 0.6) is 0 Å². The summed E-state index contributed by atoms with van der Waals surface area (Å²) in [4.78, 5) is 14.7. The first-order chi connectivity index (χ1) is 9.15. The number of rotatable bonds is 3. The normalized spacial score (nSPS) is 21.7. The van der Waals surface area contributed by atoms with Crippen LogP contribution in [-0.2, 0) is 10.2 Å². The van der Waals surface area contributed by atoms with E-state index >= 15 is 0 Å². The average Bonchev–Trinajstić information content (AvgIpc) is 2.26. The first kappa shape index (κ1) is 12.7. The van der Waals surface area contributed by atoms with Crippen molar-refractivity contribution >= 4 is 5.91 Å². The molecular formula is C16H21NO2. The maximum Gasteiger partial charge on any atom is 0.233 e. The van der Waals surface area contributed by atoms with Crippen molar-refractivity contribution in [2.75, 3.05) is 19.7 Å². The van der Waals surface area contributed by atoms with Crippen molar-refractivity contribution in [3.8, 4) is 0 Å². The van der Waals surface area contributed by atoms with Crippen LogP contribution >= 0.6 is 0 Å². The number of carbonyl (C=O) groups excluding carboxylic acids is 1. The lowest BCUT2D eigenvalue weighted by atomic mass is 9.63. The molecule has 19 heavy (non-hydrogen) atoms. The maximum absolute atomic E-state index is 12.7. The predicted octanol–water partition coefficient (Wildman–Crippen LogP) is 1.87. The SMILES string of the molecule is Cc1cccc(C2(C(=O)N3CC(CO)C3)CCC2)c1. The summed E-state index contributed by atoms with van der Waals surface area (Å²) in [7, 11) is 0. The Labute approximate surface area is 114 Å². The minimum atomic E-state index is -0.271. The molecule has 3 rings (SSSR count). The van der Waals surface area contributed by atoms with E-state index in [2.05, 4.69) is 25.1 Å². The fraction of sp³-hybridized carbons (Fsp3) is 0.562. The number of aliphatic hydroxyl groups excluding tert-OH is 1. The molecule has 2 fully saturated rings. The summed E-state index contributed by atoms with van der Waals surface area (Å²) in [5.74, 6) is 0.563. The number of hydrogen-bond donors (Lipinski definition) is 1. The zero-order valence-electron chi connectivity index (χ0n) is 11.4. The van der Waals surface area contributed by atoms with Gasteiger partial charge in [-0.2, -0.15) is 0 Å². The van der Waals surface area contributed by atoms with Gasteiger partial charge < -0.3 is 10.0 Å². The summed E-state index contributed by atoms with van der Waals surface area (Å²) in [5, 5.41) is 9.08. The second-order valence-corrected chi connectivity index (χ2v) is 6.06. The number of hydrogen-bond acceptors (Lipinski definition) is 2. The van der Waals surface area contributed by atoms with E-state index in [4.69, 9.17) is 5.11 Å². The van der Waals surface area contributed by atoms with E-state index in [1.165, 1.54) is 11.1 Å². The van der Waals surface area contributed by atoms with Crippen LogP contribution in [0.3, 0.4) is 0 Å². The molecule has 3 nitrogen and oxygen atoms in total. The van der Waals surface area contributed by atoms with Gasteiger partial charge in [0.05, 0.1) is 5.41 Å². The van der Waals surface area contributed by atoms with Gasteiger partial charge >= 0.3 is 0 Å². The van der Waals surface area contributed by atoms with Gasteiger partial charge in [-0.05, 0) is 25.3 Å². The second-order valence-electron chi connectivity index (χ2n) is 6.06. The molecule has 2 aliphatic rings. The Hall–Kier alpha value is -1.35. The van der Waals surface area contributed by atoms with Crippen molar-refractivity contribution < 1.29 is 9.90 Å². The molecular weight excluding hydrogens is 238 g/mol. The molecule has 3 heteroatoms. The number of aryl methyl sites for hydroxylation is 1. The largest absolute Gasteiger partial charge is 0.396 e. The van der Waals surface area contributed by atoms with Crippen molar-refractivity contribution in [1.82, 2.24) is 4.90 Å². The summed E-state index contributed by atoms with van der Waals surface area (Å²) < 4.78 is 0. The molecule has 1 aliphatic heterocycles. The van der Waals surface area contributed by atoms with Gasteiger partial charge in [0.2, 0.25) is 5.91 Å². The zero-order valence-corrected chi connectivity index (χ0v) is 11.4. The lowest BCUT2D eigenvalue weighted by molar-refractivity contribution is -0.148. The van der Waals surface area contributed by atoms with Gasteiger partial charge in [0.25, 0.3) is 0 Å². The van der Waals surface area contributed by atoms with Crippen LogP contribution in [0.1, 0.15) is 30.4 Å². The lowest BCUT2D eigenvalue weighted by Gasteiger charge is -2.48. The summed E-state index contributed by atoms with van der Waals surface area (Å²) in [5.41, 5.74) is 2.12.